The van der Waals surface area contributed by atoms with Crippen molar-refractivity contribution in [3.05, 3.63) is 101 Å². The molecule has 1 N–H and O–H groups in total. The van der Waals surface area contributed by atoms with Crippen LogP contribution < -0.4 is 5.32 Å². The van der Waals surface area contributed by atoms with Gasteiger partial charge in [0.1, 0.15) is 0 Å². The van der Waals surface area contributed by atoms with E-state index in [1.165, 1.54) is 28.6 Å². The zero-order chi connectivity index (χ0) is 22.3. The molecule has 1 amide bonds. The lowest BCUT2D eigenvalue weighted by atomic mass is 10.1. The van der Waals surface area contributed by atoms with Crippen LogP contribution in [0.4, 0.5) is 0 Å². The summed E-state index contributed by atoms with van der Waals surface area (Å²) in [6.45, 7) is 2.22. The van der Waals surface area contributed by atoms with Crippen molar-refractivity contribution in [2.45, 2.75) is 24.8 Å². The Morgan fingerprint density at radius 1 is 0.903 bits per heavy atom. The van der Waals surface area contributed by atoms with Gasteiger partial charge in [0.15, 0.2) is 0 Å². The van der Waals surface area contributed by atoms with E-state index in [1.54, 1.807) is 0 Å². The molecule has 0 bridgehead atoms. The molecule has 7 heteroatoms. The Morgan fingerprint density at radius 3 is 2.19 bits per heavy atom. The minimum absolute atomic E-state index is 0.0946. The van der Waals surface area contributed by atoms with Crippen LogP contribution in [0, 0.1) is 6.92 Å². The van der Waals surface area contributed by atoms with Crippen molar-refractivity contribution < 1.29 is 13.2 Å². The minimum Gasteiger partial charge on any atom is -0.355 e. The van der Waals surface area contributed by atoms with Gasteiger partial charge >= 0.3 is 0 Å². The molecule has 0 aliphatic rings. The predicted octanol–water partition coefficient (Wildman–Crippen LogP) is 4.20. The van der Waals surface area contributed by atoms with Gasteiger partial charge in [-0.05, 0) is 48.7 Å². The van der Waals surface area contributed by atoms with E-state index in [1.807, 2.05) is 61.5 Å². The fourth-order valence-electron chi connectivity index (χ4n) is 3.09. The van der Waals surface area contributed by atoms with E-state index in [0.717, 1.165) is 16.7 Å². The second kappa shape index (κ2) is 10.6. The number of nitrogens with zero attached hydrogens (tertiary/aromatic N) is 1. The topological polar surface area (TPSA) is 66.5 Å². The summed E-state index contributed by atoms with van der Waals surface area (Å²) in [6, 6.07) is 23.3. The number of rotatable bonds is 9. The van der Waals surface area contributed by atoms with Gasteiger partial charge < -0.3 is 5.32 Å². The van der Waals surface area contributed by atoms with Crippen molar-refractivity contribution >= 4 is 27.5 Å². The summed E-state index contributed by atoms with van der Waals surface area (Å²) in [5.41, 5.74) is 2.99. The van der Waals surface area contributed by atoms with Gasteiger partial charge in [0.05, 0.1) is 11.4 Å². The molecular weight excluding hydrogens is 432 g/mol. The van der Waals surface area contributed by atoms with Crippen molar-refractivity contribution in [3.63, 3.8) is 0 Å². The number of amides is 1. The molecule has 3 rings (SSSR count). The van der Waals surface area contributed by atoms with Crippen LogP contribution in [0.2, 0.25) is 5.02 Å². The molecule has 0 aliphatic heterocycles. The van der Waals surface area contributed by atoms with Crippen LogP contribution in [0.5, 0.6) is 0 Å². The average Bonchev–Trinajstić information content (AvgIpc) is 2.76. The third kappa shape index (κ3) is 6.66. The van der Waals surface area contributed by atoms with Gasteiger partial charge in [0, 0.05) is 18.1 Å². The first kappa shape index (κ1) is 23.0. The number of halogens is 1. The van der Waals surface area contributed by atoms with E-state index in [2.05, 4.69) is 5.32 Å². The molecule has 162 valence electrons. The third-order valence-electron chi connectivity index (χ3n) is 4.83. The predicted molar refractivity (Wildman–Crippen MR) is 123 cm³/mol. The van der Waals surface area contributed by atoms with Crippen LogP contribution in [0.25, 0.3) is 0 Å². The van der Waals surface area contributed by atoms with Gasteiger partial charge in [-0.2, -0.15) is 4.31 Å². The normalized spacial score (nSPS) is 11.5. The Bertz CT molecular complexity index is 1100. The van der Waals surface area contributed by atoms with Gasteiger partial charge in [-0.1, -0.05) is 71.8 Å². The lowest BCUT2D eigenvalue weighted by Crippen LogP contribution is -2.40. The summed E-state index contributed by atoms with van der Waals surface area (Å²) in [5.74, 6) is -0.347. The number of nitrogens with one attached hydrogen (secondary N) is 1. The molecule has 5 nitrogen and oxygen atoms in total. The molecule has 0 spiro atoms. The molecule has 0 radical (unpaired) electrons. The molecule has 3 aromatic carbocycles. The van der Waals surface area contributed by atoms with Gasteiger partial charge in [-0.25, -0.2) is 8.42 Å². The summed E-state index contributed by atoms with van der Waals surface area (Å²) in [4.78, 5) is 12.7. The molecule has 0 unspecified atom stereocenters. The number of hydrogen-bond donors (Lipinski definition) is 1. The lowest BCUT2D eigenvalue weighted by Gasteiger charge is -2.22. The zero-order valence-electron chi connectivity index (χ0n) is 17.3. The van der Waals surface area contributed by atoms with Crippen molar-refractivity contribution in [2.24, 2.45) is 0 Å². The minimum atomic E-state index is -3.88. The maximum atomic E-state index is 13.2. The summed E-state index contributed by atoms with van der Waals surface area (Å²) in [7, 11) is -3.88. The Hall–Kier alpha value is -2.67. The molecule has 3 aromatic rings. The van der Waals surface area contributed by atoms with Crippen LogP contribution in [-0.2, 0) is 27.8 Å². The summed E-state index contributed by atoms with van der Waals surface area (Å²) in [6.07, 6.45) is 0.675. The number of aryl methyl sites for hydroxylation is 1. The highest BCUT2D eigenvalue weighted by Gasteiger charge is 2.27. The molecule has 0 fully saturated rings. The zero-order valence-corrected chi connectivity index (χ0v) is 18.9. The van der Waals surface area contributed by atoms with Crippen LogP contribution in [0.1, 0.15) is 16.7 Å². The second-order valence-corrected chi connectivity index (χ2v) is 9.67. The number of benzene rings is 3. The molecule has 0 aromatic heterocycles. The van der Waals surface area contributed by atoms with E-state index in [9.17, 15) is 13.2 Å². The number of hydrogen-bond acceptors (Lipinski definition) is 3. The Balaban J connectivity index is 1.73. The average molecular weight is 457 g/mol. The number of sulfonamides is 1. The molecule has 0 saturated heterocycles. The molecular formula is C24H25ClN2O3S. The van der Waals surface area contributed by atoms with E-state index in [-0.39, 0.29) is 23.9 Å². The Labute approximate surface area is 188 Å². The van der Waals surface area contributed by atoms with Gasteiger partial charge in [0.2, 0.25) is 15.9 Å². The van der Waals surface area contributed by atoms with Crippen LogP contribution >= 0.6 is 11.6 Å². The first-order chi connectivity index (χ1) is 14.8. The molecule has 0 heterocycles. The van der Waals surface area contributed by atoms with Crippen molar-refractivity contribution in [2.75, 3.05) is 13.1 Å². The van der Waals surface area contributed by atoms with E-state index >= 15 is 0 Å². The lowest BCUT2D eigenvalue weighted by molar-refractivity contribution is -0.121. The van der Waals surface area contributed by atoms with Gasteiger partial charge in [-0.3, -0.25) is 4.79 Å². The maximum Gasteiger partial charge on any atom is 0.243 e. The second-order valence-electron chi connectivity index (χ2n) is 7.30. The maximum absolute atomic E-state index is 13.2. The fourth-order valence-corrected chi connectivity index (χ4v) is 4.60. The van der Waals surface area contributed by atoms with E-state index in [0.29, 0.717) is 18.0 Å². The molecule has 0 atom stereocenters. The SMILES string of the molecule is Cc1ccc(CN(CC(=O)NCCc2ccccc2)S(=O)(=O)c2ccc(Cl)cc2)cc1. The van der Waals surface area contributed by atoms with Crippen LogP contribution in [0.15, 0.2) is 83.8 Å². The summed E-state index contributed by atoms with van der Waals surface area (Å²) < 4.78 is 27.7. The monoisotopic (exact) mass is 456 g/mol. The summed E-state index contributed by atoms with van der Waals surface area (Å²) in [5, 5.41) is 3.27. The van der Waals surface area contributed by atoms with Crippen molar-refractivity contribution in [1.29, 1.82) is 0 Å². The first-order valence-electron chi connectivity index (χ1n) is 9.96. The van der Waals surface area contributed by atoms with E-state index < -0.39 is 10.0 Å². The molecule has 0 aliphatic carbocycles. The smallest absolute Gasteiger partial charge is 0.243 e. The largest absolute Gasteiger partial charge is 0.355 e. The van der Waals surface area contributed by atoms with Crippen molar-refractivity contribution in [1.82, 2.24) is 9.62 Å². The molecule has 0 saturated carbocycles. The highest BCUT2D eigenvalue weighted by Crippen LogP contribution is 2.20. The first-order valence-corrected chi connectivity index (χ1v) is 11.8. The number of carbonyl (C=O) groups excluding carboxylic acids is 1. The van der Waals surface area contributed by atoms with Gasteiger partial charge in [0.25, 0.3) is 0 Å². The quantitative estimate of drug-likeness (QED) is 0.524. The third-order valence-corrected chi connectivity index (χ3v) is 6.89. The van der Waals surface area contributed by atoms with Gasteiger partial charge in [-0.15, -0.1) is 0 Å². The summed E-state index contributed by atoms with van der Waals surface area (Å²) >= 11 is 5.91. The fraction of sp³-hybridized carbons (Fsp3) is 0.208. The standard InChI is InChI=1S/C24H25ClN2O3S/c1-19-7-9-21(10-8-19)17-27(31(29,30)23-13-11-22(25)12-14-23)18-24(28)26-16-15-20-5-3-2-4-6-20/h2-14H,15-18H2,1H3,(H,26,28). The number of carbonyl (C=O) groups is 1. The van der Waals surface area contributed by atoms with Crippen LogP contribution in [-0.4, -0.2) is 31.7 Å². The highest BCUT2D eigenvalue weighted by atomic mass is 35.5. The Morgan fingerprint density at radius 2 is 1.55 bits per heavy atom. The Kier molecular flexibility index (Phi) is 7.85. The van der Waals surface area contributed by atoms with E-state index in [4.69, 9.17) is 11.6 Å². The van der Waals surface area contributed by atoms with Crippen molar-refractivity contribution in [3.8, 4) is 0 Å². The highest BCUT2D eigenvalue weighted by molar-refractivity contribution is 7.89. The van der Waals surface area contributed by atoms with Crippen LogP contribution in [0.3, 0.4) is 0 Å². The molecule has 31 heavy (non-hydrogen) atoms.